The van der Waals surface area contributed by atoms with Crippen LogP contribution < -0.4 is 0 Å². The molecule has 1 heterocycles. The first kappa shape index (κ1) is 10.2. The van der Waals surface area contributed by atoms with Crippen LogP contribution in [0.1, 0.15) is 51.4 Å². The molecule has 1 aliphatic heterocycles. The molecule has 14 heavy (non-hydrogen) atoms. The maximum absolute atomic E-state index is 10.6. The van der Waals surface area contributed by atoms with Crippen LogP contribution in [0.3, 0.4) is 0 Å². The van der Waals surface area contributed by atoms with Crippen molar-refractivity contribution in [2.45, 2.75) is 63.5 Å². The van der Waals surface area contributed by atoms with Gasteiger partial charge < -0.3 is 4.79 Å². The molecule has 1 saturated carbocycles. The number of hydrogen-bond acceptors (Lipinski definition) is 2. The van der Waals surface area contributed by atoms with Gasteiger partial charge in [-0.1, -0.05) is 19.3 Å². The first-order valence-electron chi connectivity index (χ1n) is 6.11. The number of nitrogens with zero attached hydrogens (tertiary/aromatic N) is 1. The van der Waals surface area contributed by atoms with Gasteiger partial charge in [0.2, 0.25) is 0 Å². The van der Waals surface area contributed by atoms with Crippen molar-refractivity contribution < 1.29 is 4.79 Å². The number of carbonyl (C=O) groups is 1. The zero-order valence-electron chi connectivity index (χ0n) is 8.95. The molecule has 0 aromatic heterocycles. The molecule has 0 radical (unpaired) electrons. The van der Waals surface area contributed by atoms with Crippen LogP contribution in [0.25, 0.3) is 0 Å². The Labute approximate surface area is 86.7 Å². The Bertz CT molecular complexity index is 187. The molecule has 80 valence electrons. The molecule has 1 aliphatic carbocycles. The zero-order valence-corrected chi connectivity index (χ0v) is 8.95. The highest BCUT2D eigenvalue weighted by molar-refractivity contribution is 5.50. The highest BCUT2D eigenvalue weighted by Crippen LogP contribution is 2.30. The van der Waals surface area contributed by atoms with E-state index in [1.807, 2.05) is 0 Å². The lowest BCUT2D eigenvalue weighted by Gasteiger charge is -2.39. The Kier molecular flexibility index (Phi) is 3.57. The van der Waals surface area contributed by atoms with Crippen molar-refractivity contribution in [1.82, 2.24) is 4.90 Å². The third kappa shape index (κ3) is 2.17. The van der Waals surface area contributed by atoms with E-state index in [1.54, 1.807) is 0 Å². The Morgan fingerprint density at radius 3 is 2.50 bits per heavy atom. The van der Waals surface area contributed by atoms with Gasteiger partial charge >= 0.3 is 0 Å². The molecule has 0 aromatic carbocycles. The summed E-state index contributed by atoms with van der Waals surface area (Å²) in [6, 6.07) is 1.38. The fraction of sp³-hybridized carbons (Fsp3) is 0.917. The van der Waals surface area contributed by atoms with Gasteiger partial charge in [0.05, 0.1) is 0 Å². The first-order chi connectivity index (χ1) is 6.92. The summed E-state index contributed by atoms with van der Waals surface area (Å²) in [6.45, 7) is 1.24. The Balaban J connectivity index is 1.94. The van der Waals surface area contributed by atoms with E-state index < -0.39 is 0 Å². The van der Waals surface area contributed by atoms with Crippen molar-refractivity contribution in [3.63, 3.8) is 0 Å². The molecular formula is C12H21NO. The molecular weight excluding hydrogens is 174 g/mol. The van der Waals surface area contributed by atoms with Crippen molar-refractivity contribution in [1.29, 1.82) is 0 Å². The maximum atomic E-state index is 10.6. The van der Waals surface area contributed by atoms with Gasteiger partial charge in [-0.3, -0.25) is 4.90 Å². The van der Waals surface area contributed by atoms with Crippen molar-refractivity contribution in [2.75, 3.05) is 6.54 Å². The number of aldehydes is 1. The molecule has 1 saturated heterocycles. The quantitative estimate of drug-likeness (QED) is 0.644. The van der Waals surface area contributed by atoms with E-state index in [9.17, 15) is 4.79 Å². The van der Waals surface area contributed by atoms with Crippen LogP contribution in [0.5, 0.6) is 0 Å². The number of carbonyl (C=O) groups excluding carboxylic acids is 1. The predicted octanol–water partition coefficient (Wildman–Crippen LogP) is 2.37. The fourth-order valence-electron chi connectivity index (χ4n) is 3.10. The Hall–Kier alpha value is -0.370. The van der Waals surface area contributed by atoms with Gasteiger partial charge in [-0.25, -0.2) is 0 Å². The van der Waals surface area contributed by atoms with E-state index in [1.165, 1.54) is 51.5 Å². The van der Waals surface area contributed by atoms with E-state index in [2.05, 4.69) is 4.90 Å². The molecule has 0 amide bonds. The summed E-state index contributed by atoms with van der Waals surface area (Å²) in [5.41, 5.74) is 0. The topological polar surface area (TPSA) is 20.3 Å². The van der Waals surface area contributed by atoms with Gasteiger partial charge in [0.1, 0.15) is 6.29 Å². The van der Waals surface area contributed by atoms with Gasteiger partial charge in [-0.15, -0.1) is 0 Å². The molecule has 0 bridgehead atoms. The number of piperidine rings is 1. The van der Waals surface area contributed by atoms with Crippen LogP contribution in [0, 0.1) is 0 Å². The van der Waals surface area contributed by atoms with E-state index in [-0.39, 0.29) is 0 Å². The van der Waals surface area contributed by atoms with E-state index in [0.29, 0.717) is 6.04 Å². The van der Waals surface area contributed by atoms with Gasteiger partial charge in [0.25, 0.3) is 0 Å². The number of likely N-dealkylation sites (tertiary alicyclic amines) is 1. The third-order valence-electron chi connectivity index (χ3n) is 3.83. The number of rotatable bonds is 3. The smallest absolute Gasteiger partial charge is 0.121 e. The molecule has 2 heteroatoms. The molecule has 0 aromatic rings. The molecule has 2 fully saturated rings. The van der Waals surface area contributed by atoms with Crippen LogP contribution in [-0.4, -0.2) is 29.8 Å². The highest BCUT2D eigenvalue weighted by atomic mass is 16.1. The largest absolute Gasteiger partial charge is 0.303 e. The van der Waals surface area contributed by atoms with E-state index in [4.69, 9.17) is 0 Å². The molecule has 1 unspecified atom stereocenters. The minimum atomic E-state index is 0.573. The van der Waals surface area contributed by atoms with Crippen molar-refractivity contribution in [3.05, 3.63) is 0 Å². The van der Waals surface area contributed by atoms with Crippen LogP contribution in [0.2, 0.25) is 0 Å². The molecule has 0 N–H and O–H groups in total. The summed E-state index contributed by atoms with van der Waals surface area (Å²) >= 11 is 0. The minimum Gasteiger partial charge on any atom is -0.303 e. The van der Waals surface area contributed by atoms with Crippen LogP contribution in [0.15, 0.2) is 0 Å². The van der Waals surface area contributed by atoms with Gasteiger partial charge in [-0.2, -0.15) is 0 Å². The lowest BCUT2D eigenvalue weighted by molar-refractivity contribution is -0.109. The lowest BCUT2D eigenvalue weighted by atomic mass is 9.97. The lowest BCUT2D eigenvalue weighted by Crippen LogP contribution is -2.45. The SMILES string of the molecule is O=CCC1CCCCN1C1CCCC1. The summed E-state index contributed by atoms with van der Waals surface area (Å²) in [5.74, 6) is 0. The zero-order chi connectivity index (χ0) is 9.80. The summed E-state index contributed by atoms with van der Waals surface area (Å²) in [6.07, 6.45) is 11.3. The number of hydrogen-bond donors (Lipinski definition) is 0. The highest BCUT2D eigenvalue weighted by Gasteiger charge is 2.29. The van der Waals surface area contributed by atoms with Crippen LogP contribution in [0.4, 0.5) is 0 Å². The summed E-state index contributed by atoms with van der Waals surface area (Å²) in [7, 11) is 0. The average molecular weight is 195 g/mol. The van der Waals surface area contributed by atoms with Gasteiger partial charge in [-0.05, 0) is 32.2 Å². The Morgan fingerprint density at radius 2 is 1.79 bits per heavy atom. The van der Waals surface area contributed by atoms with Gasteiger partial charge in [0.15, 0.2) is 0 Å². The fourth-order valence-corrected chi connectivity index (χ4v) is 3.10. The van der Waals surface area contributed by atoms with Crippen molar-refractivity contribution in [3.8, 4) is 0 Å². The molecule has 2 nitrogen and oxygen atoms in total. The summed E-state index contributed by atoms with van der Waals surface area (Å²) in [5, 5.41) is 0. The predicted molar refractivity (Wildman–Crippen MR) is 57.3 cm³/mol. The molecule has 2 rings (SSSR count). The van der Waals surface area contributed by atoms with Crippen LogP contribution >= 0.6 is 0 Å². The monoisotopic (exact) mass is 195 g/mol. The first-order valence-corrected chi connectivity index (χ1v) is 6.11. The second-order valence-corrected chi connectivity index (χ2v) is 4.73. The second kappa shape index (κ2) is 4.92. The average Bonchev–Trinajstić information content (AvgIpc) is 2.72. The summed E-state index contributed by atoms with van der Waals surface area (Å²) < 4.78 is 0. The normalized spacial score (nSPS) is 30.7. The van der Waals surface area contributed by atoms with Crippen LogP contribution in [-0.2, 0) is 4.79 Å². The molecule has 0 spiro atoms. The molecule has 1 atom stereocenters. The summed E-state index contributed by atoms with van der Waals surface area (Å²) in [4.78, 5) is 13.2. The second-order valence-electron chi connectivity index (χ2n) is 4.73. The van der Waals surface area contributed by atoms with Gasteiger partial charge in [0, 0.05) is 18.5 Å². The third-order valence-corrected chi connectivity index (χ3v) is 3.83. The van der Waals surface area contributed by atoms with E-state index in [0.717, 1.165) is 18.7 Å². The Morgan fingerprint density at radius 1 is 1.07 bits per heavy atom. The molecule has 2 aliphatic rings. The van der Waals surface area contributed by atoms with Crippen molar-refractivity contribution >= 4 is 6.29 Å². The maximum Gasteiger partial charge on any atom is 0.121 e. The minimum absolute atomic E-state index is 0.573. The van der Waals surface area contributed by atoms with Crippen molar-refractivity contribution in [2.24, 2.45) is 0 Å². The van der Waals surface area contributed by atoms with E-state index >= 15 is 0 Å². The standard InChI is InChI=1S/C12H21NO/c14-10-8-12-7-3-4-9-13(12)11-5-1-2-6-11/h10-12H,1-9H2.